The second kappa shape index (κ2) is 8.75. The average Bonchev–Trinajstić information content (AvgIpc) is 2.67. The zero-order valence-corrected chi connectivity index (χ0v) is 16.4. The molecule has 0 fully saturated rings. The Kier molecular flexibility index (Phi) is 6.38. The minimum absolute atomic E-state index is 0.484. The number of thioether (sulfide) groups is 1. The van der Waals surface area contributed by atoms with Gasteiger partial charge in [-0.2, -0.15) is 13.2 Å². The van der Waals surface area contributed by atoms with Gasteiger partial charge in [-0.15, -0.1) is 11.8 Å². The second-order valence-electron chi connectivity index (χ2n) is 5.52. The van der Waals surface area contributed by atoms with E-state index in [0.29, 0.717) is 17.2 Å². The molecule has 0 atom stereocenters. The third-order valence-electron chi connectivity index (χ3n) is 3.65. The van der Waals surface area contributed by atoms with Crippen LogP contribution < -0.4 is 5.32 Å². The molecule has 0 radical (unpaired) electrons. The van der Waals surface area contributed by atoms with Crippen LogP contribution in [0.2, 0.25) is 0 Å². The van der Waals surface area contributed by atoms with Crippen molar-refractivity contribution < 1.29 is 13.2 Å². The molecule has 3 rings (SSSR count). The zero-order chi connectivity index (χ0) is 19.3. The fraction of sp³-hybridized carbons (Fsp3) is 0.158. The molecule has 1 N–H and O–H groups in total. The van der Waals surface area contributed by atoms with Crippen molar-refractivity contribution in [2.75, 3.05) is 16.4 Å². The minimum atomic E-state index is -4.36. The molecule has 3 aromatic rings. The van der Waals surface area contributed by atoms with Gasteiger partial charge in [0.15, 0.2) is 5.82 Å². The summed E-state index contributed by atoms with van der Waals surface area (Å²) in [6.45, 7) is 0. The summed E-state index contributed by atoms with van der Waals surface area (Å²) in [6, 6.07) is 12.8. The van der Waals surface area contributed by atoms with Gasteiger partial charge >= 0.3 is 6.18 Å². The largest absolute Gasteiger partial charge is 0.416 e. The Labute approximate surface area is 167 Å². The van der Waals surface area contributed by atoms with Crippen molar-refractivity contribution in [2.24, 2.45) is 0 Å². The number of alkyl halides is 4. The molecule has 2 aromatic carbocycles. The molecule has 3 nitrogen and oxygen atoms in total. The monoisotopic (exact) mass is 453 g/mol. The number of benzene rings is 2. The van der Waals surface area contributed by atoms with Crippen molar-refractivity contribution in [1.29, 1.82) is 0 Å². The van der Waals surface area contributed by atoms with Crippen molar-refractivity contribution >= 4 is 39.2 Å². The van der Waals surface area contributed by atoms with E-state index in [9.17, 15) is 13.2 Å². The molecule has 0 saturated carbocycles. The highest BCUT2D eigenvalue weighted by molar-refractivity contribution is 9.09. The van der Waals surface area contributed by atoms with Crippen molar-refractivity contribution in [3.05, 3.63) is 66.5 Å². The van der Waals surface area contributed by atoms with E-state index in [0.717, 1.165) is 33.7 Å². The highest BCUT2D eigenvalue weighted by atomic mass is 79.9. The first-order valence-electron chi connectivity index (χ1n) is 8.02. The fourth-order valence-electron chi connectivity index (χ4n) is 2.39. The normalized spacial score (nSPS) is 11.4. The highest BCUT2D eigenvalue weighted by Gasteiger charge is 2.29. The summed E-state index contributed by atoms with van der Waals surface area (Å²) in [5.41, 5.74) is 1.33. The third-order valence-corrected chi connectivity index (χ3v) is 5.58. The first-order valence-corrected chi connectivity index (χ1v) is 10.1. The van der Waals surface area contributed by atoms with Gasteiger partial charge in [0.25, 0.3) is 0 Å². The Morgan fingerprint density at radius 3 is 2.22 bits per heavy atom. The van der Waals surface area contributed by atoms with Gasteiger partial charge in [-0.3, -0.25) is 4.98 Å². The van der Waals surface area contributed by atoms with Gasteiger partial charge < -0.3 is 5.32 Å². The predicted molar refractivity (Wildman–Crippen MR) is 107 cm³/mol. The van der Waals surface area contributed by atoms with Gasteiger partial charge in [0.05, 0.1) is 5.56 Å². The molecule has 0 bridgehead atoms. The van der Waals surface area contributed by atoms with E-state index in [1.807, 2.05) is 24.3 Å². The molecule has 0 amide bonds. The van der Waals surface area contributed by atoms with E-state index in [2.05, 4.69) is 31.2 Å². The zero-order valence-electron chi connectivity index (χ0n) is 14.0. The molecule has 0 aliphatic heterocycles. The SMILES string of the molecule is FC(F)(F)c1ccc(Nc2nccnc2-c2ccc(SCCBr)cc2)cc1. The van der Waals surface area contributed by atoms with E-state index >= 15 is 0 Å². The number of aromatic nitrogens is 2. The molecule has 0 saturated heterocycles. The minimum Gasteiger partial charge on any atom is -0.338 e. The molecule has 27 heavy (non-hydrogen) atoms. The van der Waals surface area contributed by atoms with E-state index in [4.69, 9.17) is 0 Å². The van der Waals surface area contributed by atoms with Crippen LogP contribution in [0.15, 0.2) is 65.8 Å². The van der Waals surface area contributed by atoms with Crippen molar-refractivity contribution in [1.82, 2.24) is 9.97 Å². The first-order chi connectivity index (χ1) is 13.0. The van der Waals surface area contributed by atoms with Crippen LogP contribution >= 0.6 is 27.7 Å². The molecule has 1 heterocycles. The number of nitrogens with one attached hydrogen (secondary N) is 1. The standard InChI is InChI=1S/C19H15BrF3N3S/c20-9-12-27-16-7-1-13(2-8-16)17-18(25-11-10-24-17)26-15-5-3-14(4-6-15)19(21,22)23/h1-8,10-11H,9,12H2,(H,25,26). The van der Waals surface area contributed by atoms with Crippen molar-refractivity contribution in [3.63, 3.8) is 0 Å². The van der Waals surface area contributed by atoms with Crippen LogP contribution in [0.1, 0.15) is 5.56 Å². The predicted octanol–water partition coefficient (Wildman–Crippen LogP) is 6.39. The van der Waals surface area contributed by atoms with Crippen LogP contribution in [0.4, 0.5) is 24.7 Å². The van der Waals surface area contributed by atoms with E-state index in [1.54, 1.807) is 18.0 Å². The summed E-state index contributed by atoms with van der Waals surface area (Å²) in [5, 5.41) is 3.97. The summed E-state index contributed by atoms with van der Waals surface area (Å²) in [4.78, 5) is 9.81. The molecule has 140 valence electrons. The van der Waals surface area contributed by atoms with Crippen LogP contribution in [0, 0.1) is 0 Å². The van der Waals surface area contributed by atoms with E-state index < -0.39 is 11.7 Å². The van der Waals surface area contributed by atoms with Gasteiger partial charge in [0.1, 0.15) is 5.69 Å². The summed E-state index contributed by atoms with van der Waals surface area (Å²) >= 11 is 5.15. The van der Waals surface area contributed by atoms with Crippen LogP contribution in [-0.2, 0) is 6.18 Å². The summed E-state index contributed by atoms with van der Waals surface area (Å²) in [7, 11) is 0. The van der Waals surface area contributed by atoms with Crippen LogP contribution in [0.5, 0.6) is 0 Å². The van der Waals surface area contributed by atoms with Crippen LogP contribution in [-0.4, -0.2) is 21.1 Å². The lowest BCUT2D eigenvalue weighted by Gasteiger charge is -2.12. The van der Waals surface area contributed by atoms with Gasteiger partial charge in [-0.25, -0.2) is 4.98 Å². The smallest absolute Gasteiger partial charge is 0.338 e. The molecular weight excluding hydrogens is 439 g/mol. The number of rotatable bonds is 6. The lowest BCUT2D eigenvalue weighted by Crippen LogP contribution is -2.05. The maximum Gasteiger partial charge on any atom is 0.416 e. The number of nitrogens with zero attached hydrogens (tertiary/aromatic N) is 2. The molecular formula is C19H15BrF3N3S. The van der Waals surface area contributed by atoms with Gasteiger partial charge in [-0.1, -0.05) is 28.1 Å². The lowest BCUT2D eigenvalue weighted by molar-refractivity contribution is -0.137. The van der Waals surface area contributed by atoms with E-state index in [-0.39, 0.29) is 0 Å². The number of anilines is 2. The third kappa shape index (κ3) is 5.23. The van der Waals surface area contributed by atoms with Crippen LogP contribution in [0.25, 0.3) is 11.3 Å². The highest BCUT2D eigenvalue weighted by Crippen LogP contribution is 2.32. The quantitative estimate of drug-likeness (QED) is 0.346. The Bertz CT molecular complexity index is 884. The van der Waals surface area contributed by atoms with Crippen LogP contribution in [0.3, 0.4) is 0 Å². The average molecular weight is 454 g/mol. The molecule has 8 heteroatoms. The molecule has 1 aromatic heterocycles. The topological polar surface area (TPSA) is 37.8 Å². The maximum atomic E-state index is 12.7. The maximum absolute atomic E-state index is 12.7. The molecule has 0 spiro atoms. The molecule has 0 unspecified atom stereocenters. The Morgan fingerprint density at radius 2 is 1.59 bits per heavy atom. The van der Waals surface area contributed by atoms with Crippen molar-refractivity contribution in [3.8, 4) is 11.3 Å². The summed E-state index contributed by atoms with van der Waals surface area (Å²) < 4.78 is 38.1. The fourth-order valence-corrected chi connectivity index (χ4v) is 3.51. The van der Waals surface area contributed by atoms with E-state index in [1.165, 1.54) is 18.3 Å². The second-order valence-corrected chi connectivity index (χ2v) is 7.48. The summed E-state index contributed by atoms with van der Waals surface area (Å²) in [6.07, 6.45) is -1.23. The van der Waals surface area contributed by atoms with Gasteiger partial charge in [-0.05, 0) is 36.4 Å². The van der Waals surface area contributed by atoms with Gasteiger partial charge in [0, 0.05) is 39.6 Å². The van der Waals surface area contributed by atoms with Gasteiger partial charge in [0.2, 0.25) is 0 Å². The van der Waals surface area contributed by atoms with Crippen molar-refractivity contribution in [2.45, 2.75) is 11.1 Å². The Morgan fingerprint density at radius 1 is 0.926 bits per heavy atom. The number of hydrogen-bond acceptors (Lipinski definition) is 4. The number of halogens is 4. The lowest BCUT2D eigenvalue weighted by atomic mass is 10.1. The Balaban J connectivity index is 1.82. The summed E-state index contributed by atoms with van der Waals surface area (Å²) in [5.74, 6) is 1.46. The Hall–Kier alpha value is -2.06. The molecule has 0 aliphatic carbocycles. The number of hydrogen-bond donors (Lipinski definition) is 1. The molecule has 0 aliphatic rings. The first kappa shape index (κ1) is 19.7.